The average molecular weight is 336 g/mol. The van der Waals surface area contributed by atoms with E-state index >= 15 is 0 Å². The Bertz CT molecular complexity index is 628. The monoisotopic (exact) mass is 335 g/mol. The second kappa shape index (κ2) is 6.74. The molecule has 1 heterocycles. The summed E-state index contributed by atoms with van der Waals surface area (Å²) in [7, 11) is -3.61. The zero-order chi connectivity index (χ0) is 14.0. The van der Waals surface area contributed by atoms with Crippen molar-refractivity contribution in [3.8, 4) is 6.07 Å². The van der Waals surface area contributed by atoms with Crippen LogP contribution in [0.25, 0.3) is 0 Å². The molecular formula is C12H15Cl2N3O2S. The quantitative estimate of drug-likeness (QED) is 0.891. The molecule has 1 aromatic rings. The highest BCUT2D eigenvalue weighted by molar-refractivity contribution is 7.89. The van der Waals surface area contributed by atoms with E-state index in [1.807, 2.05) is 13.0 Å². The molecule has 0 aromatic heterocycles. The zero-order valence-corrected chi connectivity index (χ0v) is 13.2. The Morgan fingerprint density at radius 1 is 1.50 bits per heavy atom. The SMILES string of the molecule is C[C@H]1CNCCN1S(=O)(=O)c1ccc(C#N)cc1Cl.Cl. The number of nitriles is 1. The van der Waals surface area contributed by atoms with Crippen molar-refractivity contribution in [3.05, 3.63) is 28.8 Å². The van der Waals surface area contributed by atoms with Gasteiger partial charge >= 0.3 is 0 Å². The highest BCUT2D eigenvalue weighted by Crippen LogP contribution is 2.27. The fraction of sp³-hybridized carbons (Fsp3) is 0.417. The molecule has 0 amide bonds. The third-order valence-corrected chi connectivity index (χ3v) is 5.58. The Morgan fingerprint density at radius 2 is 2.20 bits per heavy atom. The molecule has 1 aromatic carbocycles. The van der Waals surface area contributed by atoms with Crippen LogP contribution in [0, 0.1) is 11.3 Å². The van der Waals surface area contributed by atoms with E-state index in [0.29, 0.717) is 25.2 Å². The molecule has 110 valence electrons. The molecule has 1 aliphatic rings. The number of hydrogen-bond donors (Lipinski definition) is 1. The van der Waals surface area contributed by atoms with Gasteiger partial charge in [-0.1, -0.05) is 11.6 Å². The summed E-state index contributed by atoms with van der Waals surface area (Å²) in [6.45, 7) is 3.51. The maximum absolute atomic E-state index is 12.5. The molecule has 1 saturated heterocycles. The van der Waals surface area contributed by atoms with Gasteiger partial charge in [0.15, 0.2) is 0 Å². The molecule has 1 fully saturated rings. The van der Waals surface area contributed by atoms with E-state index in [1.165, 1.54) is 22.5 Å². The Kier molecular flexibility index (Phi) is 5.80. The molecule has 20 heavy (non-hydrogen) atoms. The van der Waals surface area contributed by atoms with E-state index in [0.717, 1.165) is 0 Å². The Morgan fingerprint density at radius 3 is 2.75 bits per heavy atom. The first-order chi connectivity index (χ1) is 8.96. The zero-order valence-electron chi connectivity index (χ0n) is 10.8. The van der Waals surface area contributed by atoms with Gasteiger partial charge in [0.2, 0.25) is 10.0 Å². The van der Waals surface area contributed by atoms with Gasteiger partial charge in [-0.15, -0.1) is 12.4 Å². The summed E-state index contributed by atoms with van der Waals surface area (Å²) in [6.07, 6.45) is 0. The molecule has 0 aliphatic carbocycles. The van der Waals surface area contributed by atoms with Crippen LogP contribution in [0.4, 0.5) is 0 Å². The van der Waals surface area contributed by atoms with Gasteiger partial charge in [-0.2, -0.15) is 9.57 Å². The van der Waals surface area contributed by atoms with E-state index < -0.39 is 10.0 Å². The van der Waals surface area contributed by atoms with Gasteiger partial charge in [0, 0.05) is 25.7 Å². The molecule has 0 bridgehead atoms. The Labute approximate surface area is 130 Å². The van der Waals surface area contributed by atoms with Gasteiger partial charge in [0.1, 0.15) is 4.90 Å². The van der Waals surface area contributed by atoms with E-state index in [1.54, 1.807) is 0 Å². The van der Waals surface area contributed by atoms with Gasteiger partial charge in [0.05, 0.1) is 16.7 Å². The van der Waals surface area contributed by atoms with Crippen LogP contribution in [-0.4, -0.2) is 38.4 Å². The normalized spacial score (nSPS) is 19.9. The minimum atomic E-state index is -3.61. The third-order valence-electron chi connectivity index (χ3n) is 3.09. The summed E-state index contributed by atoms with van der Waals surface area (Å²) in [5, 5.41) is 12.0. The minimum absolute atomic E-state index is 0. The standard InChI is InChI=1S/C12H14ClN3O2S.ClH/c1-9-8-15-4-5-16(9)19(17,18)12-3-2-10(7-14)6-11(12)13;/h2-3,6,9,15H,4-5,8H2,1H3;1H/t9-;/m0./s1. The van der Waals surface area contributed by atoms with E-state index in [-0.39, 0.29) is 28.4 Å². The van der Waals surface area contributed by atoms with Gasteiger partial charge in [0.25, 0.3) is 0 Å². The van der Waals surface area contributed by atoms with Crippen molar-refractivity contribution >= 4 is 34.0 Å². The third kappa shape index (κ3) is 3.25. The van der Waals surface area contributed by atoms with Crippen molar-refractivity contribution in [2.75, 3.05) is 19.6 Å². The van der Waals surface area contributed by atoms with Gasteiger partial charge in [-0.05, 0) is 25.1 Å². The topological polar surface area (TPSA) is 73.2 Å². The van der Waals surface area contributed by atoms with Gasteiger partial charge in [-0.25, -0.2) is 8.42 Å². The largest absolute Gasteiger partial charge is 0.314 e. The predicted molar refractivity (Wildman–Crippen MR) is 79.6 cm³/mol. The average Bonchev–Trinajstić information content (AvgIpc) is 2.38. The number of sulfonamides is 1. The van der Waals surface area contributed by atoms with Crippen molar-refractivity contribution in [1.82, 2.24) is 9.62 Å². The first-order valence-corrected chi connectivity index (χ1v) is 7.71. The maximum Gasteiger partial charge on any atom is 0.244 e. The highest BCUT2D eigenvalue weighted by atomic mass is 35.5. The number of benzene rings is 1. The predicted octanol–water partition coefficient (Wildman–Crippen LogP) is 1.62. The molecule has 8 heteroatoms. The number of nitrogens with zero attached hydrogens (tertiary/aromatic N) is 2. The van der Waals surface area contributed by atoms with Crippen LogP contribution in [0.1, 0.15) is 12.5 Å². The van der Waals surface area contributed by atoms with E-state index in [9.17, 15) is 8.42 Å². The summed E-state index contributed by atoms with van der Waals surface area (Å²) in [5.74, 6) is 0. The number of halogens is 2. The lowest BCUT2D eigenvalue weighted by Crippen LogP contribution is -2.52. The molecule has 0 saturated carbocycles. The highest BCUT2D eigenvalue weighted by Gasteiger charge is 2.32. The van der Waals surface area contributed by atoms with Crippen LogP contribution >= 0.6 is 24.0 Å². The first kappa shape index (κ1) is 17.2. The second-order valence-corrected chi connectivity index (χ2v) is 6.69. The van der Waals surface area contributed by atoms with Crippen LogP contribution in [-0.2, 0) is 10.0 Å². The van der Waals surface area contributed by atoms with Crippen molar-refractivity contribution < 1.29 is 8.42 Å². The smallest absolute Gasteiger partial charge is 0.244 e. The lowest BCUT2D eigenvalue weighted by atomic mass is 10.2. The minimum Gasteiger partial charge on any atom is -0.314 e. The van der Waals surface area contributed by atoms with Crippen LogP contribution < -0.4 is 5.32 Å². The van der Waals surface area contributed by atoms with Crippen LogP contribution in [0.15, 0.2) is 23.1 Å². The van der Waals surface area contributed by atoms with E-state index in [2.05, 4.69) is 5.32 Å². The van der Waals surface area contributed by atoms with Crippen molar-refractivity contribution in [3.63, 3.8) is 0 Å². The lowest BCUT2D eigenvalue weighted by Gasteiger charge is -2.33. The van der Waals surface area contributed by atoms with Crippen LogP contribution in [0.5, 0.6) is 0 Å². The molecular weight excluding hydrogens is 321 g/mol. The van der Waals surface area contributed by atoms with Gasteiger partial charge in [-0.3, -0.25) is 0 Å². The van der Waals surface area contributed by atoms with Crippen molar-refractivity contribution in [2.24, 2.45) is 0 Å². The van der Waals surface area contributed by atoms with Gasteiger partial charge < -0.3 is 5.32 Å². The fourth-order valence-corrected chi connectivity index (χ4v) is 4.24. The Balaban J connectivity index is 0.00000200. The molecule has 0 spiro atoms. The summed E-state index contributed by atoms with van der Waals surface area (Å²) in [6, 6.07) is 6.05. The summed E-state index contributed by atoms with van der Waals surface area (Å²) in [5.41, 5.74) is 0.345. The van der Waals surface area contributed by atoms with E-state index in [4.69, 9.17) is 16.9 Å². The summed E-state index contributed by atoms with van der Waals surface area (Å²) < 4.78 is 26.5. The molecule has 5 nitrogen and oxygen atoms in total. The molecule has 1 aliphatic heterocycles. The molecule has 0 radical (unpaired) electrons. The number of hydrogen-bond acceptors (Lipinski definition) is 4. The van der Waals surface area contributed by atoms with Crippen LogP contribution in [0.3, 0.4) is 0 Å². The number of piperazine rings is 1. The molecule has 1 N–H and O–H groups in total. The maximum atomic E-state index is 12.5. The second-order valence-electron chi connectivity index (χ2n) is 4.43. The molecule has 0 unspecified atom stereocenters. The summed E-state index contributed by atoms with van der Waals surface area (Å²) >= 11 is 5.99. The number of rotatable bonds is 2. The summed E-state index contributed by atoms with van der Waals surface area (Å²) in [4.78, 5) is 0.0573. The lowest BCUT2D eigenvalue weighted by molar-refractivity contribution is 0.284. The Hall–Kier alpha value is -0.840. The molecule has 1 atom stereocenters. The number of nitrogens with one attached hydrogen (secondary N) is 1. The first-order valence-electron chi connectivity index (χ1n) is 5.89. The van der Waals surface area contributed by atoms with Crippen molar-refractivity contribution in [2.45, 2.75) is 17.9 Å². The van der Waals surface area contributed by atoms with Crippen molar-refractivity contribution in [1.29, 1.82) is 5.26 Å². The molecule has 2 rings (SSSR count). The fourth-order valence-electron chi connectivity index (χ4n) is 2.09. The van der Waals surface area contributed by atoms with Crippen LogP contribution in [0.2, 0.25) is 5.02 Å².